The molecule has 0 radical (unpaired) electrons. The molecule has 21 heavy (non-hydrogen) atoms. The smallest absolute Gasteiger partial charge is 0.123 e. The van der Waals surface area contributed by atoms with Crippen LogP contribution in [0.2, 0.25) is 0 Å². The van der Waals surface area contributed by atoms with E-state index in [4.69, 9.17) is 5.84 Å². The molecule has 1 atom stereocenters. The molecule has 0 fully saturated rings. The van der Waals surface area contributed by atoms with Crippen LogP contribution in [-0.4, -0.2) is 15.6 Å². The van der Waals surface area contributed by atoms with Crippen LogP contribution in [0.1, 0.15) is 32.2 Å². The number of nitrogens with two attached hydrogens (primary N) is 1. The fourth-order valence-electron chi connectivity index (χ4n) is 2.60. The average Bonchev–Trinajstić information content (AvgIpc) is 2.92. The number of halogens is 1. The average molecular weight is 290 g/mol. The second-order valence-corrected chi connectivity index (χ2v) is 5.78. The molecule has 0 spiro atoms. The van der Waals surface area contributed by atoms with E-state index >= 15 is 0 Å². The largest absolute Gasteiger partial charge is 0.335 e. The summed E-state index contributed by atoms with van der Waals surface area (Å²) in [6, 6.07) is 6.59. The van der Waals surface area contributed by atoms with Gasteiger partial charge in [-0.3, -0.25) is 11.3 Å². The summed E-state index contributed by atoms with van der Waals surface area (Å²) in [4.78, 5) is 4.40. The summed E-state index contributed by atoms with van der Waals surface area (Å²) in [6.45, 7) is 7.17. The number of hydrogen-bond acceptors (Lipinski definition) is 3. The van der Waals surface area contributed by atoms with E-state index in [0.29, 0.717) is 6.42 Å². The minimum Gasteiger partial charge on any atom is -0.335 e. The Bertz CT molecular complexity index is 574. The number of benzene rings is 1. The summed E-state index contributed by atoms with van der Waals surface area (Å²) >= 11 is 0. The molecule has 0 aliphatic heterocycles. The van der Waals surface area contributed by atoms with E-state index < -0.39 is 0 Å². The highest BCUT2D eigenvalue weighted by molar-refractivity contribution is 5.27. The van der Waals surface area contributed by atoms with Crippen LogP contribution in [0.15, 0.2) is 36.7 Å². The third kappa shape index (κ3) is 3.31. The van der Waals surface area contributed by atoms with Gasteiger partial charge in [0.05, 0.1) is 0 Å². The molecule has 0 aliphatic rings. The van der Waals surface area contributed by atoms with E-state index in [2.05, 4.69) is 35.7 Å². The summed E-state index contributed by atoms with van der Waals surface area (Å²) in [6.07, 6.45) is 4.48. The number of hydrogen-bond donors (Lipinski definition) is 2. The number of rotatable bonds is 6. The van der Waals surface area contributed by atoms with Gasteiger partial charge in [0.2, 0.25) is 0 Å². The predicted octanol–water partition coefficient (Wildman–Crippen LogP) is 2.39. The normalized spacial score (nSPS) is 13.4. The molecule has 0 aliphatic carbocycles. The zero-order valence-corrected chi connectivity index (χ0v) is 12.8. The maximum atomic E-state index is 13.1. The topological polar surface area (TPSA) is 55.9 Å². The van der Waals surface area contributed by atoms with Crippen molar-refractivity contribution in [2.75, 3.05) is 0 Å². The zero-order valence-electron chi connectivity index (χ0n) is 12.8. The van der Waals surface area contributed by atoms with Gasteiger partial charge in [0, 0.05) is 36.8 Å². The van der Waals surface area contributed by atoms with Crippen molar-refractivity contribution in [1.82, 2.24) is 15.0 Å². The standard InChI is InChI=1S/C16H23FN4/c1-4-21-10-9-19-15(21)11-14(20-18)16(2,3)12-5-7-13(17)8-6-12/h5-10,14,20H,4,11,18H2,1-3H3. The number of nitrogens with one attached hydrogen (secondary N) is 1. The van der Waals surface area contributed by atoms with Crippen LogP contribution < -0.4 is 11.3 Å². The number of aromatic nitrogens is 2. The highest BCUT2D eigenvalue weighted by Gasteiger charge is 2.31. The van der Waals surface area contributed by atoms with Crippen LogP contribution in [0.25, 0.3) is 0 Å². The molecule has 1 aromatic carbocycles. The van der Waals surface area contributed by atoms with Gasteiger partial charge in [0.1, 0.15) is 11.6 Å². The lowest BCUT2D eigenvalue weighted by molar-refractivity contribution is 0.334. The molecule has 1 heterocycles. The Morgan fingerprint density at radius 2 is 2.00 bits per heavy atom. The van der Waals surface area contributed by atoms with Crippen molar-refractivity contribution >= 4 is 0 Å². The van der Waals surface area contributed by atoms with Crippen molar-refractivity contribution in [3.8, 4) is 0 Å². The Labute approximate surface area is 125 Å². The van der Waals surface area contributed by atoms with Crippen LogP contribution >= 0.6 is 0 Å². The fraction of sp³-hybridized carbons (Fsp3) is 0.438. The summed E-state index contributed by atoms with van der Waals surface area (Å²) in [5, 5.41) is 0. The summed E-state index contributed by atoms with van der Waals surface area (Å²) in [5.74, 6) is 6.54. The molecule has 0 bridgehead atoms. The highest BCUT2D eigenvalue weighted by atomic mass is 19.1. The van der Waals surface area contributed by atoms with Gasteiger partial charge in [-0.25, -0.2) is 9.37 Å². The van der Waals surface area contributed by atoms with Crippen LogP contribution in [0.4, 0.5) is 4.39 Å². The molecule has 0 amide bonds. The van der Waals surface area contributed by atoms with Crippen molar-refractivity contribution in [2.45, 2.75) is 45.2 Å². The van der Waals surface area contributed by atoms with Gasteiger partial charge < -0.3 is 4.57 Å². The molecule has 0 saturated heterocycles. The molecule has 1 aromatic heterocycles. The first-order chi connectivity index (χ1) is 9.98. The highest BCUT2D eigenvalue weighted by Crippen LogP contribution is 2.28. The lowest BCUT2D eigenvalue weighted by Crippen LogP contribution is -2.50. The van der Waals surface area contributed by atoms with E-state index in [1.165, 1.54) is 12.1 Å². The summed E-state index contributed by atoms with van der Waals surface area (Å²) < 4.78 is 15.2. The summed E-state index contributed by atoms with van der Waals surface area (Å²) in [5.41, 5.74) is 3.70. The minimum absolute atomic E-state index is 0.00402. The van der Waals surface area contributed by atoms with E-state index in [9.17, 15) is 4.39 Å². The van der Waals surface area contributed by atoms with Gasteiger partial charge in [0.15, 0.2) is 0 Å². The number of hydrazine groups is 1. The number of nitrogens with zero attached hydrogens (tertiary/aromatic N) is 2. The summed E-state index contributed by atoms with van der Waals surface area (Å²) in [7, 11) is 0. The molecule has 2 rings (SSSR count). The number of imidazole rings is 1. The molecule has 114 valence electrons. The third-order valence-electron chi connectivity index (χ3n) is 4.19. The van der Waals surface area contributed by atoms with E-state index in [-0.39, 0.29) is 17.3 Å². The van der Waals surface area contributed by atoms with E-state index in [1.54, 1.807) is 6.20 Å². The fourth-order valence-corrected chi connectivity index (χ4v) is 2.60. The maximum Gasteiger partial charge on any atom is 0.123 e. The molecule has 3 N–H and O–H groups in total. The Hall–Kier alpha value is -1.72. The third-order valence-corrected chi connectivity index (χ3v) is 4.19. The van der Waals surface area contributed by atoms with Gasteiger partial charge in [-0.15, -0.1) is 0 Å². The molecule has 4 nitrogen and oxygen atoms in total. The van der Waals surface area contributed by atoms with Gasteiger partial charge in [0.25, 0.3) is 0 Å². The Kier molecular flexibility index (Phi) is 4.75. The van der Waals surface area contributed by atoms with Crippen molar-refractivity contribution in [2.24, 2.45) is 5.84 Å². The molecule has 2 aromatic rings. The number of aryl methyl sites for hydroxylation is 1. The van der Waals surface area contributed by atoms with Crippen LogP contribution in [-0.2, 0) is 18.4 Å². The first kappa shape index (κ1) is 15.7. The van der Waals surface area contributed by atoms with Gasteiger partial charge >= 0.3 is 0 Å². The molecule has 0 saturated carbocycles. The Morgan fingerprint density at radius 3 is 2.57 bits per heavy atom. The van der Waals surface area contributed by atoms with Crippen molar-refractivity contribution in [1.29, 1.82) is 0 Å². The molecule has 5 heteroatoms. The van der Waals surface area contributed by atoms with Gasteiger partial charge in [-0.1, -0.05) is 26.0 Å². The van der Waals surface area contributed by atoms with Crippen molar-refractivity contribution in [3.05, 3.63) is 53.9 Å². The van der Waals surface area contributed by atoms with Crippen LogP contribution in [0.5, 0.6) is 0 Å². The van der Waals surface area contributed by atoms with E-state index in [0.717, 1.165) is 17.9 Å². The monoisotopic (exact) mass is 290 g/mol. The lowest BCUT2D eigenvalue weighted by atomic mass is 9.76. The van der Waals surface area contributed by atoms with Crippen LogP contribution in [0.3, 0.4) is 0 Å². The van der Waals surface area contributed by atoms with Crippen molar-refractivity contribution < 1.29 is 4.39 Å². The first-order valence-corrected chi connectivity index (χ1v) is 7.21. The second-order valence-electron chi connectivity index (χ2n) is 5.78. The van der Waals surface area contributed by atoms with E-state index in [1.807, 2.05) is 18.3 Å². The quantitative estimate of drug-likeness (QED) is 0.634. The van der Waals surface area contributed by atoms with Gasteiger partial charge in [-0.2, -0.15) is 0 Å². The maximum absolute atomic E-state index is 13.1. The lowest BCUT2D eigenvalue weighted by Gasteiger charge is -2.34. The molecule has 1 unspecified atom stereocenters. The SMILES string of the molecule is CCn1ccnc1CC(NN)C(C)(C)c1ccc(F)cc1. The Morgan fingerprint density at radius 1 is 1.33 bits per heavy atom. The zero-order chi connectivity index (χ0) is 15.5. The van der Waals surface area contributed by atoms with Crippen molar-refractivity contribution in [3.63, 3.8) is 0 Å². The Balaban J connectivity index is 2.25. The first-order valence-electron chi connectivity index (χ1n) is 7.21. The van der Waals surface area contributed by atoms with Crippen LogP contribution in [0, 0.1) is 5.82 Å². The van der Waals surface area contributed by atoms with Gasteiger partial charge in [-0.05, 0) is 24.6 Å². The predicted molar refractivity (Wildman–Crippen MR) is 82.1 cm³/mol. The minimum atomic E-state index is -0.243. The molecular formula is C16H23FN4. The molecular weight excluding hydrogens is 267 g/mol. The second kappa shape index (κ2) is 6.37.